The summed E-state index contributed by atoms with van der Waals surface area (Å²) in [6.07, 6.45) is -14.0. The number of esters is 2. The van der Waals surface area contributed by atoms with Crippen LogP contribution >= 0.6 is 31.3 Å². The van der Waals surface area contributed by atoms with Crippen molar-refractivity contribution < 1.29 is 104 Å². The molecule has 1 aliphatic carbocycles. The molecule has 0 radical (unpaired) electrons. The SMILES string of the molecule is CCCCCC(=O)OCC(COP(=O)(O)OC1C(O)C(OP(=O)(O)O)C(OP(=O)(O)O)C(OP(=O)(O)O)C1O)OC(=O)CCCCC. The van der Waals surface area contributed by atoms with Crippen molar-refractivity contribution in [3.8, 4) is 0 Å². The Hall–Kier alpha value is -0.700. The lowest BCUT2D eigenvalue weighted by atomic mass is 9.85. The molecule has 9 N–H and O–H groups in total. The number of ether oxygens (including phenoxy) is 2. The first-order valence-electron chi connectivity index (χ1n) is 14.1. The number of carbonyl (C=O) groups excluding carboxylic acids is 2. The molecule has 1 fully saturated rings. The Bertz CT molecular complexity index is 1140. The fourth-order valence-electron chi connectivity index (χ4n) is 4.14. The van der Waals surface area contributed by atoms with E-state index in [2.05, 4.69) is 13.6 Å². The molecule has 47 heavy (non-hydrogen) atoms. The van der Waals surface area contributed by atoms with Crippen molar-refractivity contribution >= 4 is 43.2 Å². The van der Waals surface area contributed by atoms with E-state index in [4.69, 9.17) is 18.5 Å². The molecule has 1 rings (SSSR count). The smallest absolute Gasteiger partial charge is 0.462 e. The minimum atomic E-state index is -5.76. The molecule has 0 spiro atoms. The molecule has 1 saturated carbocycles. The van der Waals surface area contributed by atoms with E-state index in [0.29, 0.717) is 19.3 Å². The average molecular weight is 770 g/mol. The zero-order valence-electron chi connectivity index (χ0n) is 25.2. The quantitative estimate of drug-likeness (QED) is 0.0405. The number of unbranched alkanes of at least 4 members (excludes halogenated alkanes) is 4. The average Bonchev–Trinajstić information content (AvgIpc) is 2.91. The van der Waals surface area contributed by atoms with E-state index in [-0.39, 0.29) is 12.8 Å². The van der Waals surface area contributed by atoms with Crippen molar-refractivity contribution in [3.63, 3.8) is 0 Å². The van der Waals surface area contributed by atoms with Crippen LogP contribution in [-0.2, 0) is 59.9 Å². The van der Waals surface area contributed by atoms with E-state index in [0.717, 1.165) is 19.3 Å². The second-order valence-corrected chi connectivity index (χ2v) is 15.2. The lowest BCUT2D eigenvalue weighted by Gasteiger charge is -2.45. The molecule has 0 bridgehead atoms. The molecular formula is C21H42O22P4. The Kier molecular flexibility index (Phi) is 18.5. The van der Waals surface area contributed by atoms with Crippen molar-refractivity contribution in [2.24, 2.45) is 0 Å². The molecule has 0 aliphatic heterocycles. The van der Waals surface area contributed by atoms with Crippen LogP contribution in [0.25, 0.3) is 0 Å². The minimum Gasteiger partial charge on any atom is -0.462 e. The van der Waals surface area contributed by atoms with Gasteiger partial charge in [0.2, 0.25) is 0 Å². The molecular weight excluding hydrogens is 728 g/mol. The number of hydrogen-bond donors (Lipinski definition) is 9. The van der Waals surface area contributed by atoms with Crippen LogP contribution in [-0.4, -0.2) is 112 Å². The van der Waals surface area contributed by atoms with Gasteiger partial charge >= 0.3 is 43.2 Å². The molecule has 1 aliphatic rings. The standard InChI is InChI=1S/C21H42O22P4/c1-3-5-7-9-14(22)37-11-13(39-15(23)10-8-6-4-2)12-38-47(35,36)43-18-16(24)19(40-44(26,27)28)21(42-46(32,33)34)20(17(18)25)41-45(29,30)31/h13,16-21,24-25H,3-12H2,1-2H3,(H,35,36)(H2,26,27,28)(H2,29,30,31)(H2,32,33,34). The van der Waals surface area contributed by atoms with Crippen molar-refractivity contribution in [3.05, 3.63) is 0 Å². The molecule has 22 nitrogen and oxygen atoms in total. The number of aliphatic hydroxyl groups is 2. The van der Waals surface area contributed by atoms with Gasteiger partial charge in [0.25, 0.3) is 0 Å². The number of carbonyl (C=O) groups is 2. The topological polar surface area (TPSA) is 349 Å². The van der Waals surface area contributed by atoms with E-state index in [1.54, 1.807) is 0 Å². The van der Waals surface area contributed by atoms with Gasteiger partial charge in [0.1, 0.15) is 43.2 Å². The van der Waals surface area contributed by atoms with Crippen LogP contribution in [0.15, 0.2) is 0 Å². The first-order chi connectivity index (χ1) is 21.5. The van der Waals surface area contributed by atoms with Gasteiger partial charge in [-0.3, -0.25) is 32.2 Å². The first-order valence-corrected chi connectivity index (χ1v) is 20.2. The molecule has 0 amide bonds. The summed E-state index contributed by atoms with van der Waals surface area (Å²) in [6, 6.07) is 0. The Morgan fingerprint density at radius 2 is 1.02 bits per heavy atom. The third-order valence-electron chi connectivity index (χ3n) is 6.15. The highest BCUT2D eigenvalue weighted by atomic mass is 31.2. The van der Waals surface area contributed by atoms with Gasteiger partial charge in [0.05, 0.1) is 6.61 Å². The molecule has 0 heterocycles. The third kappa shape index (κ3) is 18.2. The van der Waals surface area contributed by atoms with Gasteiger partial charge in [0.15, 0.2) is 6.10 Å². The summed E-state index contributed by atoms with van der Waals surface area (Å²) in [4.78, 5) is 90.2. The number of phosphoric ester groups is 4. The van der Waals surface area contributed by atoms with Crippen LogP contribution in [0, 0.1) is 0 Å². The number of phosphoric acid groups is 4. The predicted octanol–water partition coefficient (Wildman–Crippen LogP) is 0.273. The van der Waals surface area contributed by atoms with Crippen LogP contribution in [0.5, 0.6) is 0 Å². The Labute approximate surface area is 268 Å². The van der Waals surface area contributed by atoms with Gasteiger partial charge in [0, 0.05) is 12.8 Å². The van der Waals surface area contributed by atoms with Crippen molar-refractivity contribution in [1.29, 1.82) is 0 Å². The highest BCUT2D eigenvalue weighted by molar-refractivity contribution is 7.47. The fraction of sp³-hybridized carbons (Fsp3) is 0.905. The Morgan fingerprint density at radius 3 is 1.45 bits per heavy atom. The predicted molar refractivity (Wildman–Crippen MR) is 153 cm³/mol. The Morgan fingerprint density at radius 1 is 0.596 bits per heavy atom. The first kappa shape index (κ1) is 44.3. The van der Waals surface area contributed by atoms with Gasteiger partial charge in [-0.25, -0.2) is 18.3 Å². The van der Waals surface area contributed by atoms with Crippen molar-refractivity contribution in [1.82, 2.24) is 0 Å². The summed E-state index contributed by atoms with van der Waals surface area (Å²) in [7, 11) is -22.9. The van der Waals surface area contributed by atoms with Crippen LogP contribution in [0.4, 0.5) is 0 Å². The van der Waals surface area contributed by atoms with Crippen molar-refractivity contribution in [2.45, 2.75) is 108 Å². The van der Waals surface area contributed by atoms with Crippen LogP contribution in [0.1, 0.15) is 65.2 Å². The van der Waals surface area contributed by atoms with Gasteiger partial charge < -0.3 is 53.9 Å². The van der Waals surface area contributed by atoms with Gasteiger partial charge in [-0.1, -0.05) is 39.5 Å². The monoisotopic (exact) mass is 770 g/mol. The summed E-state index contributed by atoms with van der Waals surface area (Å²) >= 11 is 0. The largest absolute Gasteiger partial charge is 0.472 e. The van der Waals surface area contributed by atoms with Crippen LogP contribution in [0.2, 0.25) is 0 Å². The highest BCUT2D eigenvalue weighted by Gasteiger charge is 2.58. The summed E-state index contributed by atoms with van der Waals surface area (Å²) in [6.45, 7) is 2.13. The zero-order chi connectivity index (χ0) is 36.2. The fourth-order valence-corrected chi connectivity index (χ4v) is 6.79. The van der Waals surface area contributed by atoms with Gasteiger partial charge in [-0.2, -0.15) is 0 Å². The normalized spacial score (nSPS) is 25.9. The molecule has 26 heteroatoms. The maximum absolute atomic E-state index is 12.9. The number of aliphatic hydroxyl groups excluding tert-OH is 2. The summed E-state index contributed by atoms with van der Waals surface area (Å²) in [5, 5.41) is 21.4. The second-order valence-electron chi connectivity index (χ2n) is 10.2. The van der Waals surface area contributed by atoms with Crippen LogP contribution < -0.4 is 0 Å². The molecule has 0 aromatic carbocycles. The van der Waals surface area contributed by atoms with Crippen molar-refractivity contribution in [2.75, 3.05) is 13.2 Å². The second kappa shape index (κ2) is 19.6. The Balaban J connectivity index is 3.25. The summed E-state index contributed by atoms with van der Waals surface area (Å²) in [5.41, 5.74) is 0. The van der Waals surface area contributed by atoms with E-state index >= 15 is 0 Å². The maximum atomic E-state index is 12.9. The van der Waals surface area contributed by atoms with E-state index in [1.807, 2.05) is 13.8 Å². The third-order valence-corrected chi connectivity index (χ3v) is 8.69. The molecule has 6 unspecified atom stereocenters. The minimum absolute atomic E-state index is 0.0212. The van der Waals surface area contributed by atoms with E-state index < -0.39 is 99.2 Å². The molecule has 0 aromatic heterocycles. The summed E-state index contributed by atoms with van der Waals surface area (Å²) < 4.78 is 80.0. The number of hydrogen-bond acceptors (Lipinski definition) is 15. The summed E-state index contributed by atoms with van der Waals surface area (Å²) in [5.74, 6) is -1.46. The zero-order valence-corrected chi connectivity index (χ0v) is 28.8. The molecule has 6 atom stereocenters. The van der Waals surface area contributed by atoms with E-state index in [1.165, 1.54) is 0 Å². The lowest BCUT2D eigenvalue weighted by molar-refractivity contribution is -0.209. The van der Waals surface area contributed by atoms with Crippen LogP contribution in [0.3, 0.4) is 0 Å². The maximum Gasteiger partial charge on any atom is 0.472 e. The van der Waals surface area contributed by atoms with E-state index in [9.17, 15) is 72.3 Å². The molecule has 0 saturated heterocycles. The highest BCUT2D eigenvalue weighted by Crippen LogP contribution is 2.53. The van der Waals surface area contributed by atoms with Gasteiger partial charge in [-0.15, -0.1) is 0 Å². The number of rotatable bonds is 22. The lowest BCUT2D eigenvalue weighted by Crippen LogP contribution is -2.65. The van der Waals surface area contributed by atoms with Gasteiger partial charge in [-0.05, 0) is 12.8 Å². The molecule has 278 valence electrons. The molecule has 0 aromatic rings.